The van der Waals surface area contributed by atoms with E-state index in [-0.39, 0.29) is 5.91 Å². The number of aromatic amines is 1. The second kappa shape index (κ2) is 9.93. The monoisotopic (exact) mass is 468 g/mol. The maximum atomic E-state index is 13.7. The number of fused-ring (bicyclic) bond motifs is 1. The summed E-state index contributed by atoms with van der Waals surface area (Å²) < 4.78 is 10.8. The third-order valence-electron chi connectivity index (χ3n) is 6.36. The summed E-state index contributed by atoms with van der Waals surface area (Å²) >= 11 is 0. The Hall–Kier alpha value is -4.26. The van der Waals surface area contributed by atoms with Gasteiger partial charge in [0, 0.05) is 37.6 Å². The molecule has 1 aliphatic heterocycles. The predicted molar refractivity (Wildman–Crippen MR) is 136 cm³/mol. The molecule has 3 aromatic carbocycles. The summed E-state index contributed by atoms with van der Waals surface area (Å²) in [6, 6.07) is 22.1. The molecule has 0 unspecified atom stereocenters. The highest BCUT2D eigenvalue weighted by Gasteiger charge is 2.26. The van der Waals surface area contributed by atoms with Gasteiger partial charge in [-0.05, 0) is 41.0 Å². The summed E-state index contributed by atoms with van der Waals surface area (Å²) in [5.74, 6) is 1.09. The van der Waals surface area contributed by atoms with Crippen LogP contribution in [-0.4, -0.2) is 48.1 Å². The van der Waals surface area contributed by atoms with Gasteiger partial charge in [0.25, 0.3) is 5.91 Å². The molecule has 178 valence electrons. The van der Waals surface area contributed by atoms with Crippen molar-refractivity contribution in [3.63, 3.8) is 0 Å². The molecule has 5 rings (SSSR count). The summed E-state index contributed by atoms with van der Waals surface area (Å²) in [4.78, 5) is 25.3. The van der Waals surface area contributed by atoms with E-state index in [2.05, 4.69) is 45.2 Å². The van der Waals surface area contributed by atoms with Gasteiger partial charge in [0.15, 0.2) is 0 Å². The Morgan fingerprint density at radius 1 is 0.971 bits per heavy atom. The molecule has 0 spiro atoms. The Balaban J connectivity index is 1.51. The van der Waals surface area contributed by atoms with Crippen molar-refractivity contribution in [1.29, 1.82) is 0 Å². The van der Waals surface area contributed by atoms with Crippen LogP contribution in [0.25, 0.3) is 11.1 Å². The molecule has 1 aromatic heterocycles. The van der Waals surface area contributed by atoms with E-state index < -0.39 is 0 Å². The zero-order valence-corrected chi connectivity index (χ0v) is 19.9. The number of H-pyrrole nitrogens is 1. The lowest BCUT2D eigenvalue weighted by Crippen LogP contribution is -2.35. The Labute approximate surface area is 204 Å². The lowest BCUT2D eigenvalue weighted by Gasteiger charge is -2.24. The van der Waals surface area contributed by atoms with Crippen LogP contribution in [0.4, 0.5) is 5.69 Å². The number of aromatic nitrogens is 2. The second-order valence-electron chi connectivity index (χ2n) is 8.48. The smallest absolute Gasteiger partial charge is 0.257 e. The van der Waals surface area contributed by atoms with Crippen molar-refractivity contribution in [2.45, 2.75) is 13.1 Å². The van der Waals surface area contributed by atoms with Crippen molar-refractivity contribution in [3.05, 3.63) is 96.1 Å². The number of amides is 1. The van der Waals surface area contributed by atoms with Gasteiger partial charge in [-0.15, -0.1) is 0 Å². The van der Waals surface area contributed by atoms with Gasteiger partial charge < -0.3 is 24.3 Å². The van der Waals surface area contributed by atoms with E-state index in [0.29, 0.717) is 43.2 Å². The van der Waals surface area contributed by atoms with E-state index in [1.165, 1.54) is 0 Å². The molecular formula is C28H28N4O3. The normalized spacial score (nSPS) is 13.2. The molecule has 0 bridgehead atoms. The van der Waals surface area contributed by atoms with Gasteiger partial charge in [0.05, 0.1) is 38.3 Å². The molecule has 35 heavy (non-hydrogen) atoms. The van der Waals surface area contributed by atoms with Crippen molar-refractivity contribution in [2.24, 2.45) is 0 Å². The van der Waals surface area contributed by atoms with Gasteiger partial charge in [-0.3, -0.25) is 4.79 Å². The van der Waals surface area contributed by atoms with E-state index in [1.807, 2.05) is 29.3 Å². The van der Waals surface area contributed by atoms with Gasteiger partial charge >= 0.3 is 0 Å². The Bertz CT molecular complexity index is 1310. The van der Waals surface area contributed by atoms with Gasteiger partial charge in [-0.2, -0.15) is 0 Å². The van der Waals surface area contributed by atoms with Crippen LogP contribution in [-0.2, 0) is 13.1 Å². The minimum Gasteiger partial charge on any atom is -0.497 e. The van der Waals surface area contributed by atoms with Gasteiger partial charge in [0.1, 0.15) is 11.5 Å². The maximum absolute atomic E-state index is 13.7. The Morgan fingerprint density at radius 3 is 2.57 bits per heavy atom. The molecule has 4 aromatic rings. The molecule has 0 aliphatic carbocycles. The number of rotatable bonds is 6. The summed E-state index contributed by atoms with van der Waals surface area (Å²) in [5.41, 5.74) is 5.97. The molecule has 0 saturated heterocycles. The van der Waals surface area contributed by atoms with Crippen LogP contribution in [0.2, 0.25) is 0 Å². The average Bonchev–Trinajstić information content (AvgIpc) is 3.36. The van der Waals surface area contributed by atoms with E-state index in [4.69, 9.17) is 9.47 Å². The molecule has 1 aliphatic rings. The van der Waals surface area contributed by atoms with Crippen LogP contribution in [0.3, 0.4) is 0 Å². The number of carbonyl (C=O) groups excluding carboxylic acids is 1. The number of methoxy groups -OCH3 is 2. The van der Waals surface area contributed by atoms with Crippen LogP contribution in [0, 0.1) is 0 Å². The zero-order chi connectivity index (χ0) is 24.2. The average molecular weight is 469 g/mol. The van der Waals surface area contributed by atoms with Crippen molar-refractivity contribution in [2.75, 3.05) is 32.2 Å². The zero-order valence-electron chi connectivity index (χ0n) is 19.9. The van der Waals surface area contributed by atoms with E-state index in [1.54, 1.807) is 38.7 Å². The number of benzene rings is 3. The number of hydrogen-bond donors (Lipinski definition) is 1. The van der Waals surface area contributed by atoms with Crippen molar-refractivity contribution >= 4 is 11.6 Å². The van der Waals surface area contributed by atoms with Crippen molar-refractivity contribution < 1.29 is 14.3 Å². The summed E-state index contributed by atoms with van der Waals surface area (Å²) in [7, 11) is 3.17. The fraction of sp³-hybridized carbons (Fsp3) is 0.214. The first kappa shape index (κ1) is 22.5. The van der Waals surface area contributed by atoms with Gasteiger partial charge in [-0.1, -0.05) is 36.4 Å². The Kier molecular flexibility index (Phi) is 6.39. The van der Waals surface area contributed by atoms with Crippen LogP contribution < -0.4 is 14.4 Å². The number of imidazole rings is 1. The number of anilines is 1. The third-order valence-corrected chi connectivity index (χ3v) is 6.36. The van der Waals surface area contributed by atoms with E-state index in [0.717, 1.165) is 28.1 Å². The third kappa shape index (κ3) is 4.71. The number of ether oxygens (including phenoxy) is 2. The minimum atomic E-state index is -0.0674. The molecular weight excluding hydrogens is 440 g/mol. The molecule has 7 nitrogen and oxygen atoms in total. The predicted octanol–water partition coefficient (Wildman–Crippen LogP) is 4.76. The largest absolute Gasteiger partial charge is 0.497 e. The van der Waals surface area contributed by atoms with E-state index >= 15 is 0 Å². The van der Waals surface area contributed by atoms with Gasteiger partial charge in [0.2, 0.25) is 0 Å². The van der Waals surface area contributed by atoms with Crippen molar-refractivity contribution in [3.8, 4) is 22.6 Å². The molecule has 0 fully saturated rings. The highest BCUT2D eigenvalue weighted by atomic mass is 16.5. The van der Waals surface area contributed by atoms with Crippen molar-refractivity contribution in [1.82, 2.24) is 14.9 Å². The van der Waals surface area contributed by atoms with E-state index in [9.17, 15) is 4.79 Å². The number of carbonyl (C=O) groups is 1. The summed E-state index contributed by atoms with van der Waals surface area (Å²) in [6.45, 7) is 2.43. The fourth-order valence-electron chi connectivity index (χ4n) is 4.53. The number of nitrogens with zero attached hydrogens (tertiary/aromatic N) is 3. The molecule has 7 heteroatoms. The first-order valence-electron chi connectivity index (χ1n) is 11.6. The fourth-order valence-corrected chi connectivity index (χ4v) is 4.53. The molecule has 0 saturated carbocycles. The maximum Gasteiger partial charge on any atom is 0.257 e. The molecule has 0 atom stereocenters. The quantitative estimate of drug-likeness (QED) is 0.442. The van der Waals surface area contributed by atoms with Gasteiger partial charge in [-0.25, -0.2) is 4.98 Å². The highest BCUT2D eigenvalue weighted by Crippen LogP contribution is 2.33. The first-order valence-corrected chi connectivity index (χ1v) is 11.6. The summed E-state index contributed by atoms with van der Waals surface area (Å²) in [6.07, 6.45) is 3.60. The lowest BCUT2D eigenvalue weighted by molar-refractivity contribution is 0.0748. The lowest BCUT2D eigenvalue weighted by atomic mass is 10.0. The topological polar surface area (TPSA) is 70.7 Å². The first-order chi connectivity index (χ1) is 17.2. The number of hydrogen-bond acceptors (Lipinski definition) is 5. The van der Waals surface area contributed by atoms with Crippen LogP contribution in [0.5, 0.6) is 11.5 Å². The molecule has 0 radical (unpaired) electrons. The van der Waals surface area contributed by atoms with Crippen LogP contribution in [0.1, 0.15) is 21.6 Å². The van der Waals surface area contributed by atoms with Crippen LogP contribution >= 0.6 is 0 Å². The highest BCUT2D eigenvalue weighted by molar-refractivity contribution is 5.97. The molecule has 2 heterocycles. The number of nitrogens with one attached hydrogen (secondary N) is 1. The summed E-state index contributed by atoms with van der Waals surface area (Å²) in [5, 5.41) is 0. The SMILES string of the molecule is COc1ccc(C(=O)N2CCN(Cc3c[nH]cn3)c3ccc(-c4ccccc4)cc3C2)c(OC)c1. The second-order valence-corrected chi connectivity index (χ2v) is 8.48. The minimum absolute atomic E-state index is 0.0674. The van der Waals surface area contributed by atoms with Crippen LogP contribution in [0.15, 0.2) is 79.3 Å². The Morgan fingerprint density at radius 2 is 1.83 bits per heavy atom. The standard InChI is InChI=1S/C28H28N4O3/c1-34-24-9-10-25(27(15-24)35-2)28(33)32-13-12-31(18-23-16-29-19-30-23)26-11-8-21(14-22(26)17-32)20-6-4-3-5-7-20/h3-11,14-16,19H,12-13,17-18H2,1-2H3,(H,29,30). The molecule has 1 amide bonds. The molecule has 1 N–H and O–H groups in total.